The van der Waals surface area contributed by atoms with Crippen LogP contribution in [0.25, 0.3) is 11.0 Å². The van der Waals surface area contributed by atoms with Crippen LogP contribution in [0.15, 0.2) is 21.9 Å². The number of halogens is 1. The summed E-state index contributed by atoms with van der Waals surface area (Å²) in [6.07, 6.45) is 1.65. The van der Waals surface area contributed by atoms with Gasteiger partial charge in [0.2, 0.25) is 0 Å². The van der Waals surface area contributed by atoms with Crippen LogP contribution in [0, 0.1) is 3.57 Å². The van der Waals surface area contributed by atoms with E-state index < -0.39 is 0 Å². The first-order valence-electron chi connectivity index (χ1n) is 4.62. The zero-order chi connectivity index (χ0) is 11.9. The minimum atomic E-state index is -0.337. The van der Waals surface area contributed by atoms with Gasteiger partial charge in [-0.1, -0.05) is 0 Å². The van der Waals surface area contributed by atoms with E-state index in [1.54, 1.807) is 13.2 Å². The van der Waals surface area contributed by atoms with Gasteiger partial charge in [0.1, 0.15) is 0 Å². The Bertz CT molecular complexity index is 672. The van der Waals surface area contributed by atoms with Crippen LogP contribution in [0.4, 0.5) is 0 Å². The SMILES string of the molecule is C[I-]c1ccnc2c1c(=O)n(C)c(=O)n2C. The van der Waals surface area contributed by atoms with Crippen LogP contribution < -0.4 is 32.5 Å². The standard InChI is InChI=1S/C10H11IN3O2/c1-11-6-4-5-12-8-7(6)9(15)14(3)10(16)13(8)2/h4-5H,1-3H3/q-1. The summed E-state index contributed by atoms with van der Waals surface area (Å²) < 4.78 is 3.58. The van der Waals surface area contributed by atoms with Crippen molar-refractivity contribution in [3.63, 3.8) is 0 Å². The first kappa shape index (κ1) is 11.3. The third-order valence-corrected chi connectivity index (χ3v) is 4.55. The van der Waals surface area contributed by atoms with Crippen molar-refractivity contribution in [2.75, 3.05) is 4.93 Å². The molecule has 0 bridgehead atoms. The van der Waals surface area contributed by atoms with Gasteiger partial charge in [-0.2, -0.15) is 0 Å². The number of fused-ring (bicyclic) bond motifs is 1. The molecule has 0 unspecified atom stereocenters. The monoisotopic (exact) mass is 332 g/mol. The minimum absolute atomic E-state index is 0.214. The Morgan fingerprint density at radius 2 is 1.94 bits per heavy atom. The van der Waals surface area contributed by atoms with Crippen LogP contribution in [0.3, 0.4) is 0 Å². The Morgan fingerprint density at radius 3 is 2.56 bits per heavy atom. The Morgan fingerprint density at radius 1 is 1.25 bits per heavy atom. The number of pyridine rings is 1. The molecule has 2 heterocycles. The third-order valence-electron chi connectivity index (χ3n) is 2.49. The molecule has 86 valence electrons. The van der Waals surface area contributed by atoms with Crippen molar-refractivity contribution in [3.05, 3.63) is 36.7 Å². The molecule has 0 N–H and O–H groups in total. The Balaban J connectivity index is 3.15. The van der Waals surface area contributed by atoms with E-state index in [1.165, 1.54) is 11.6 Å². The Labute approximate surface area is 102 Å². The molecule has 0 aliphatic heterocycles. The van der Waals surface area contributed by atoms with E-state index in [2.05, 4.69) is 9.91 Å². The van der Waals surface area contributed by atoms with Crippen LogP contribution in [-0.2, 0) is 14.1 Å². The van der Waals surface area contributed by atoms with Gasteiger partial charge in [-0.05, 0) is 0 Å². The first-order chi connectivity index (χ1) is 7.57. The van der Waals surface area contributed by atoms with Gasteiger partial charge in [-0.3, -0.25) is 0 Å². The maximum atomic E-state index is 12.0. The van der Waals surface area contributed by atoms with Crippen molar-refractivity contribution in [1.29, 1.82) is 0 Å². The van der Waals surface area contributed by atoms with E-state index in [9.17, 15) is 9.59 Å². The number of nitrogens with zero attached hydrogens (tertiary/aromatic N) is 3. The van der Waals surface area contributed by atoms with Crippen molar-refractivity contribution in [2.45, 2.75) is 0 Å². The fraction of sp³-hybridized carbons (Fsp3) is 0.300. The fourth-order valence-electron chi connectivity index (χ4n) is 1.61. The van der Waals surface area contributed by atoms with Crippen molar-refractivity contribution in [2.24, 2.45) is 14.1 Å². The third kappa shape index (κ3) is 1.48. The second kappa shape index (κ2) is 4.00. The van der Waals surface area contributed by atoms with Gasteiger partial charge >= 0.3 is 102 Å². The summed E-state index contributed by atoms with van der Waals surface area (Å²) >= 11 is -0.214. The molecule has 0 atom stereocenters. The average molecular weight is 332 g/mol. The van der Waals surface area contributed by atoms with E-state index in [-0.39, 0.29) is 32.5 Å². The normalized spacial score (nSPS) is 11.2. The molecule has 0 radical (unpaired) electrons. The van der Waals surface area contributed by atoms with Crippen LogP contribution in [0.2, 0.25) is 0 Å². The number of hydrogen-bond donors (Lipinski definition) is 0. The molecular weight excluding hydrogens is 321 g/mol. The number of aromatic nitrogens is 3. The Hall–Kier alpha value is -1.18. The van der Waals surface area contributed by atoms with E-state index in [4.69, 9.17) is 0 Å². The quantitative estimate of drug-likeness (QED) is 0.403. The van der Waals surface area contributed by atoms with Crippen molar-refractivity contribution < 1.29 is 21.2 Å². The van der Waals surface area contributed by atoms with Gasteiger partial charge in [0, 0.05) is 0 Å². The van der Waals surface area contributed by atoms with Crippen LogP contribution in [0.5, 0.6) is 0 Å². The van der Waals surface area contributed by atoms with Gasteiger partial charge in [0.25, 0.3) is 0 Å². The molecule has 0 fully saturated rings. The molecular formula is C10H11IN3O2-. The second-order valence-corrected chi connectivity index (χ2v) is 5.63. The van der Waals surface area contributed by atoms with Gasteiger partial charge in [0.15, 0.2) is 0 Å². The molecule has 16 heavy (non-hydrogen) atoms. The van der Waals surface area contributed by atoms with Gasteiger partial charge in [-0.15, -0.1) is 0 Å². The fourth-order valence-corrected chi connectivity index (χ4v) is 3.14. The summed E-state index contributed by atoms with van der Waals surface area (Å²) in [7, 11) is 3.13. The maximum absolute atomic E-state index is 12.0. The molecule has 2 rings (SSSR count). The first-order valence-corrected chi connectivity index (χ1v) is 7.85. The molecule has 6 heteroatoms. The second-order valence-electron chi connectivity index (χ2n) is 3.39. The summed E-state index contributed by atoms with van der Waals surface area (Å²) in [5.41, 5.74) is -0.105. The van der Waals surface area contributed by atoms with E-state index >= 15 is 0 Å². The predicted octanol–water partition coefficient (Wildman–Crippen LogP) is -3.48. The molecule has 2 aromatic rings. The Kier molecular flexibility index (Phi) is 2.83. The summed E-state index contributed by atoms with van der Waals surface area (Å²) in [6, 6.07) is 1.86. The summed E-state index contributed by atoms with van der Waals surface area (Å²) in [5, 5.41) is 0.586. The molecule has 0 amide bonds. The van der Waals surface area contributed by atoms with Gasteiger partial charge < -0.3 is 0 Å². The summed E-state index contributed by atoms with van der Waals surface area (Å²) in [5.74, 6) is 0. The average Bonchev–Trinajstić information content (AvgIpc) is 2.32. The molecule has 2 aromatic heterocycles. The number of aryl methyl sites for hydroxylation is 1. The van der Waals surface area contributed by atoms with Gasteiger partial charge in [-0.25, -0.2) is 0 Å². The molecule has 0 spiro atoms. The van der Waals surface area contributed by atoms with Gasteiger partial charge in [0.05, 0.1) is 0 Å². The molecule has 0 saturated carbocycles. The van der Waals surface area contributed by atoms with Crippen LogP contribution in [0.1, 0.15) is 0 Å². The molecule has 0 aliphatic rings. The number of alkyl halides is 1. The van der Waals surface area contributed by atoms with E-state index in [0.717, 1.165) is 8.14 Å². The summed E-state index contributed by atoms with van der Waals surface area (Å²) in [4.78, 5) is 29.9. The zero-order valence-electron chi connectivity index (χ0n) is 9.19. The van der Waals surface area contributed by atoms with Crippen molar-refractivity contribution in [1.82, 2.24) is 14.1 Å². The van der Waals surface area contributed by atoms with Crippen LogP contribution in [-0.4, -0.2) is 19.0 Å². The molecule has 0 saturated heterocycles. The van der Waals surface area contributed by atoms with E-state index in [0.29, 0.717) is 11.0 Å². The topological polar surface area (TPSA) is 56.9 Å². The molecule has 0 aromatic carbocycles. The molecule has 0 aliphatic carbocycles. The number of rotatable bonds is 1. The van der Waals surface area contributed by atoms with Crippen molar-refractivity contribution >= 4 is 11.0 Å². The van der Waals surface area contributed by atoms with E-state index in [1.807, 2.05) is 6.07 Å². The number of hydrogen-bond acceptors (Lipinski definition) is 3. The molecule has 5 nitrogen and oxygen atoms in total. The summed E-state index contributed by atoms with van der Waals surface area (Å²) in [6.45, 7) is 0. The predicted molar refractivity (Wildman–Crippen MR) is 56.8 cm³/mol. The van der Waals surface area contributed by atoms with Crippen LogP contribution >= 0.6 is 0 Å². The van der Waals surface area contributed by atoms with Crippen molar-refractivity contribution in [3.8, 4) is 0 Å². The zero-order valence-corrected chi connectivity index (χ0v) is 11.3.